The van der Waals surface area contributed by atoms with E-state index in [1.807, 2.05) is 24.8 Å². The molecule has 2 rings (SSSR count). The lowest BCUT2D eigenvalue weighted by atomic mass is 10.2. The van der Waals surface area contributed by atoms with E-state index in [1.54, 1.807) is 11.3 Å². The summed E-state index contributed by atoms with van der Waals surface area (Å²) in [5.74, 6) is 1.01. The molecule has 1 aromatic heterocycles. The molecule has 0 fully saturated rings. The molecule has 0 aliphatic carbocycles. The van der Waals surface area contributed by atoms with Gasteiger partial charge in [0.15, 0.2) is 0 Å². The van der Waals surface area contributed by atoms with Crippen LogP contribution in [0.15, 0.2) is 38.3 Å². The van der Waals surface area contributed by atoms with Gasteiger partial charge in [0.25, 0.3) is 0 Å². The Labute approximate surface area is 112 Å². The second-order valence-electron chi connectivity index (χ2n) is 3.57. The number of aryl methyl sites for hydroxylation is 1. The van der Waals surface area contributed by atoms with Crippen molar-refractivity contribution in [3.05, 3.63) is 44.6 Å². The second kappa shape index (κ2) is 5.25. The molecule has 0 atom stereocenters. The molecule has 0 aliphatic rings. The largest absolute Gasteiger partial charge is 0.399 e. The zero-order valence-electron chi connectivity index (χ0n) is 8.87. The zero-order chi connectivity index (χ0) is 11.5. The average molecular weight is 314 g/mol. The van der Waals surface area contributed by atoms with Gasteiger partial charge in [0.05, 0.1) is 3.79 Å². The fraction of sp³-hybridized carbons (Fsp3) is 0.167. The van der Waals surface area contributed by atoms with Gasteiger partial charge in [-0.1, -0.05) is 0 Å². The van der Waals surface area contributed by atoms with Gasteiger partial charge in [-0.3, -0.25) is 0 Å². The van der Waals surface area contributed by atoms with E-state index >= 15 is 0 Å². The molecule has 2 N–H and O–H groups in total. The molecule has 0 amide bonds. The molecule has 1 nitrogen and oxygen atoms in total. The summed E-state index contributed by atoms with van der Waals surface area (Å²) in [7, 11) is 0. The topological polar surface area (TPSA) is 26.0 Å². The standard InChI is InChI=1S/C12H12BrNS2/c1-8-4-10(2-3-11(8)14)15-6-9-5-12(13)16-7-9/h2-5,7H,6,14H2,1H3. The molecule has 16 heavy (non-hydrogen) atoms. The molecule has 1 aromatic carbocycles. The normalized spacial score (nSPS) is 10.6. The lowest BCUT2D eigenvalue weighted by Crippen LogP contribution is -1.88. The molecule has 0 bridgehead atoms. The highest BCUT2D eigenvalue weighted by atomic mass is 79.9. The third kappa shape index (κ3) is 3.03. The van der Waals surface area contributed by atoms with Crippen LogP contribution in [0, 0.1) is 6.92 Å². The van der Waals surface area contributed by atoms with Crippen LogP contribution < -0.4 is 5.73 Å². The first kappa shape index (κ1) is 12.0. The fourth-order valence-electron chi connectivity index (χ4n) is 1.33. The van der Waals surface area contributed by atoms with Crippen molar-refractivity contribution in [3.8, 4) is 0 Å². The summed E-state index contributed by atoms with van der Waals surface area (Å²) in [6.07, 6.45) is 0. The van der Waals surface area contributed by atoms with E-state index in [0.29, 0.717) is 0 Å². The van der Waals surface area contributed by atoms with E-state index < -0.39 is 0 Å². The molecule has 0 spiro atoms. The summed E-state index contributed by atoms with van der Waals surface area (Å²) < 4.78 is 1.19. The second-order valence-corrected chi connectivity index (χ2v) is 6.91. The fourth-order valence-corrected chi connectivity index (χ4v) is 3.57. The first-order valence-corrected chi connectivity index (χ1v) is 7.53. The highest BCUT2D eigenvalue weighted by molar-refractivity contribution is 9.11. The third-order valence-corrected chi connectivity index (χ3v) is 4.89. The number of benzene rings is 1. The van der Waals surface area contributed by atoms with Crippen molar-refractivity contribution in [3.63, 3.8) is 0 Å². The van der Waals surface area contributed by atoms with Gasteiger partial charge < -0.3 is 5.73 Å². The Kier molecular flexibility index (Phi) is 3.95. The molecule has 2 aromatic rings. The first-order valence-electron chi connectivity index (χ1n) is 4.87. The number of nitrogen functional groups attached to an aromatic ring is 1. The van der Waals surface area contributed by atoms with E-state index in [-0.39, 0.29) is 0 Å². The van der Waals surface area contributed by atoms with E-state index in [9.17, 15) is 0 Å². The van der Waals surface area contributed by atoms with Gasteiger partial charge in [-0.15, -0.1) is 23.1 Å². The van der Waals surface area contributed by atoms with Crippen LogP contribution in [0.3, 0.4) is 0 Å². The maximum absolute atomic E-state index is 5.79. The van der Waals surface area contributed by atoms with Gasteiger partial charge in [0, 0.05) is 16.3 Å². The molecule has 0 radical (unpaired) electrons. The molecular formula is C12H12BrNS2. The monoisotopic (exact) mass is 313 g/mol. The Bertz CT molecular complexity index is 494. The Morgan fingerprint density at radius 3 is 2.81 bits per heavy atom. The predicted molar refractivity (Wildman–Crippen MR) is 77.2 cm³/mol. The SMILES string of the molecule is Cc1cc(SCc2csc(Br)c2)ccc1N. The number of hydrogen-bond acceptors (Lipinski definition) is 3. The van der Waals surface area contributed by atoms with Crippen molar-refractivity contribution in [1.29, 1.82) is 0 Å². The average Bonchev–Trinajstić information content (AvgIpc) is 2.66. The van der Waals surface area contributed by atoms with Gasteiger partial charge in [0.2, 0.25) is 0 Å². The van der Waals surface area contributed by atoms with Crippen LogP contribution in [0.25, 0.3) is 0 Å². The first-order chi connectivity index (χ1) is 7.65. The van der Waals surface area contributed by atoms with Crippen LogP contribution in [-0.4, -0.2) is 0 Å². The van der Waals surface area contributed by atoms with E-state index in [1.165, 1.54) is 14.2 Å². The smallest absolute Gasteiger partial charge is 0.0701 e. The molecule has 0 saturated carbocycles. The Morgan fingerprint density at radius 2 is 2.19 bits per heavy atom. The summed E-state index contributed by atoms with van der Waals surface area (Å²) in [4.78, 5) is 1.27. The van der Waals surface area contributed by atoms with E-state index in [2.05, 4.69) is 39.5 Å². The van der Waals surface area contributed by atoms with Gasteiger partial charge in [-0.25, -0.2) is 0 Å². The van der Waals surface area contributed by atoms with Crippen molar-refractivity contribution < 1.29 is 0 Å². The maximum Gasteiger partial charge on any atom is 0.0701 e. The van der Waals surface area contributed by atoms with Gasteiger partial charge >= 0.3 is 0 Å². The molecule has 84 valence electrons. The van der Waals surface area contributed by atoms with Crippen LogP contribution in [0.1, 0.15) is 11.1 Å². The number of thioether (sulfide) groups is 1. The minimum Gasteiger partial charge on any atom is -0.399 e. The van der Waals surface area contributed by atoms with Crippen LogP contribution in [0.2, 0.25) is 0 Å². The lowest BCUT2D eigenvalue weighted by Gasteiger charge is -2.04. The predicted octanol–water partition coefficient (Wildman–Crippen LogP) is 4.69. The summed E-state index contributed by atoms with van der Waals surface area (Å²) in [5, 5.41) is 2.18. The number of halogens is 1. The number of thiophene rings is 1. The number of rotatable bonds is 3. The Morgan fingerprint density at radius 1 is 1.38 bits per heavy atom. The van der Waals surface area contributed by atoms with Crippen molar-refractivity contribution in [2.75, 3.05) is 5.73 Å². The molecule has 0 saturated heterocycles. The van der Waals surface area contributed by atoms with Gasteiger partial charge in [0.1, 0.15) is 0 Å². The van der Waals surface area contributed by atoms with Crippen LogP contribution in [0.5, 0.6) is 0 Å². The Hall–Kier alpha value is -0.450. The minimum atomic E-state index is 0.864. The van der Waals surface area contributed by atoms with Crippen LogP contribution in [0.4, 0.5) is 5.69 Å². The van der Waals surface area contributed by atoms with Crippen LogP contribution in [-0.2, 0) is 5.75 Å². The molecule has 0 unspecified atom stereocenters. The van der Waals surface area contributed by atoms with Crippen LogP contribution >= 0.6 is 39.0 Å². The maximum atomic E-state index is 5.79. The summed E-state index contributed by atoms with van der Waals surface area (Å²) in [5.41, 5.74) is 9.16. The number of hydrogen-bond donors (Lipinski definition) is 1. The number of anilines is 1. The Balaban J connectivity index is 2.02. The van der Waals surface area contributed by atoms with Gasteiger partial charge in [-0.05, 0) is 63.6 Å². The van der Waals surface area contributed by atoms with Gasteiger partial charge in [-0.2, -0.15) is 0 Å². The number of nitrogens with two attached hydrogens (primary N) is 1. The molecule has 4 heteroatoms. The highest BCUT2D eigenvalue weighted by Crippen LogP contribution is 2.29. The summed E-state index contributed by atoms with van der Waals surface area (Å²) in [6.45, 7) is 2.04. The molecular weight excluding hydrogens is 302 g/mol. The molecule has 1 heterocycles. The van der Waals surface area contributed by atoms with Crippen molar-refractivity contribution in [2.45, 2.75) is 17.6 Å². The lowest BCUT2D eigenvalue weighted by molar-refractivity contribution is 1.35. The summed E-state index contributed by atoms with van der Waals surface area (Å²) in [6, 6.07) is 8.36. The molecule has 0 aliphatic heterocycles. The van der Waals surface area contributed by atoms with Crippen molar-refractivity contribution in [2.24, 2.45) is 0 Å². The minimum absolute atomic E-state index is 0.864. The van der Waals surface area contributed by atoms with E-state index in [4.69, 9.17) is 5.73 Å². The van der Waals surface area contributed by atoms with Crippen molar-refractivity contribution >= 4 is 44.7 Å². The zero-order valence-corrected chi connectivity index (χ0v) is 12.1. The quantitative estimate of drug-likeness (QED) is 0.657. The highest BCUT2D eigenvalue weighted by Gasteiger charge is 2.01. The van der Waals surface area contributed by atoms with Crippen molar-refractivity contribution in [1.82, 2.24) is 0 Å². The summed E-state index contributed by atoms with van der Waals surface area (Å²) >= 11 is 7.04. The van der Waals surface area contributed by atoms with E-state index in [0.717, 1.165) is 17.0 Å². The third-order valence-electron chi connectivity index (χ3n) is 2.27.